The van der Waals surface area contributed by atoms with Crippen molar-refractivity contribution in [3.8, 4) is 17.2 Å². The highest BCUT2D eigenvalue weighted by atomic mass is 127. The van der Waals surface area contributed by atoms with Gasteiger partial charge in [-0.05, 0) is 26.2 Å². The van der Waals surface area contributed by atoms with Crippen LogP contribution in [0.15, 0.2) is 17.1 Å². The second kappa shape index (κ2) is 14.5. The molecule has 0 aliphatic carbocycles. The number of hydrogen-bond acceptors (Lipinski definition) is 5. The molecule has 1 aliphatic rings. The first-order valence-corrected chi connectivity index (χ1v) is 10.3. The van der Waals surface area contributed by atoms with Crippen molar-refractivity contribution in [2.24, 2.45) is 4.99 Å². The Hall–Kier alpha value is -1.56. The molecule has 7 nitrogen and oxygen atoms in total. The molecule has 1 aliphatic heterocycles. The molecule has 2 rings (SSSR count). The summed E-state index contributed by atoms with van der Waals surface area (Å²) >= 11 is 0. The lowest BCUT2D eigenvalue weighted by atomic mass is 10.1. The maximum Gasteiger partial charge on any atom is 0.251 e. The number of likely N-dealkylation sites (tertiary alicyclic amines) is 1. The summed E-state index contributed by atoms with van der Waals surface area (Å²) in [4.78, 5) is 6.50. The van der Waals surface area contributed by atoms with Gasteiger partial charge < -0.3 is 24.8 Å². The lowest BCUT2D eigenvalue weighted by molar-refractivity contribution is 0.0744. The van der Waals surface area contributed by atoms with Gasteiger partial charge in [0.1, 0.15) is 17.2 Å². The normalized spacial score (nSPS) is 15.4. The number of methoxy groups -OCH3 is 3. The second-order valence-corrected chi connectivity index (χ2v) is 7.13. The molecule has 178 valence electrons. The molecule has 2 N–H and O–H groups in total. The number of nitrogens with one attached hydrogen (secondary N) is 2. The molecule has 1 heterocycles. The Morgan fingerprint density at radius 1 is 1.13 bits per heavy atom. The summed E-state index contributed by atoms with van der Waals surface area (Å²) in [5.41, 5.74) is 0.931. The van der Waals surface area contributed by atoms with Crippen LogP contribution in [0.3, 0.4) is 0 Å². The molecule has 1 aromatic rings. The van der Waals surface area contributed by atoms with Crippen LogP contribution in [0.5, 0.6) is 17.2 Å². The zero-order chi connectivity index (χ0) is 21.9. The highest BCUT2D eigenvalue weighted by Crippen LogP contribution is 2.34. The number of halogens is 3. The lowest BCUT2D eigenvalue weighted by Gasteiger charge is -2.32. The van der Waals surface area contributed by atoms with Crippen molar-refractivity contribution >= 4 is 29.9 Å². The lowest BCUT2D eigenvalue weighted by Crippen LogP contribution is -2.49. The first kappa shape index (κ1) is 27.5. The third kappa shape index (κ3) is 8.83. The summed E-state index contributed by atoms with van der Waals surface area (Å²) in [6.45, 7) is 4.48. The molecule has 0 atom stereocenters. The Morgan fingerprint density at radius 2 is 1.74 bits per heavy atom. The number of nitrogens with zero attached hydrogens (tertiary/aromatic N) is 2. The Balaban J connectivity index is 0.00000480. The summed E-state index contributed by atoms with van der Waals surface area (Å²) in [5.74, 6) is 2.80. The van der Waals surface area contributed by atoms with Crippen LogP contribution in [0.2, 0.25) is 0 Å². The number of aliphatic imine (C=N–C) groups is 1. The van der Waals surface area contributed by atoms with Gasteiger partial charge in [-0.3, -0.25) is 9.89 Å². The van der Waals surface area contributed by atoms with E-state index < -0.39 is 6.43 Å². The summed E-state index contributed by atoms with van der Waals surface area (Å²) in [7, 11) is 4.84. The van der Waals surface area contributed by atoms with Crippen LogP contribution in [0.25, 0.3) is 0 Å². The first-order chi connectivity index (χ1) is 14.5. The molecule has 0 unspecified atom stereocenters. The van der Waals surface area contributed by atoms with E-state index in [0.717, 1.165) is 30.9 Å². The van der Waals surface area contributed by atoms with Crippen molar-refractivity contribution in [1.82, 2.24) is 15.5 Å². The van der Waals surface area contributed by atoms with E-state index >= 15 is 0 Å². The van der Waals surface area contributed by atoms with Crippen molar-refractivity contribution in [2.75, 3.05) is 54.1 Å². The fraction of sp³-hybridized carbons (Fsp3) is 0.667. The second-order valence-electron chi connectivity index (χ2n) is 7.13. The van der Waals surface area contributed by atoms with E-state index in [1.807, 2.05) is 24.0 Å². The molecular formula is C21H35F2IN4O3. The predicted octanol–water partition coefficient (Wildman–Crippen LogP) is 3.16. The van der Waals surface area contributed by atoms with E-state index in [1.165, 1.54) is 0 Å². The molecule has 0 bridgehead atoms. The van der Waals surface area contributed by atoms with Crippen LogP contribution >= 0.6 is 24.0 Å². The fourth-order valence-corrected chi connectivity index (χ4v) is 3.57. The van der Waals surface area contributed by atoms with Gasteiger partial charge in [0.2, 0.25) is 0 Å². The van der Waals surface area contributed by atoms with Crippen LogP contribution in [0.1, 0.15) is 25.3 Å². The van der Waals surface area contributed by atoms with Gasteiger partial charge in [-0.25, -0.2) is 8.78 Å². The van der Waals surface area contributed by atoms with E-state index in [9.17, 15) is 8.78 Å². The standard InChI is InChI=1S/C21H34F2N4O3.HI/c1-5-24-21(26-15-7-10-27(11-8-15)14-20(22)23)25-9-6-17-18(29-3)12-16(28-2)13-19(17)30-4;/h12-13,15,20H,5-11,14H2,1-4H3,(H2,24,25,26);1H. The van der Waals surface area contributed by atoms with E-state index in [4.69, 9.17) is 14.2 Å². The molecule has 1 fully saturated rings. The van der Waals surface area contributed by atoms with Crippen molar-refractivity contribution in [3.05, 3.63) is 17.7 Å². The van der Waals surface area contributed by atoms with Gasteiger partial charge in [0.15, 0.2) is 5.96 Å². The monoisotopic (exact) mass is 556 g/mol. The van der Waals surface area contributed by atoms with Crippen LogP contribution < -0.4 is 24.8 Å². The molecule has 0 aromatic heterocycles. The number of ether oxygens (including phenoxy) is 3. The van der Waals surface area contributed by atoms with Crippen molar-refractivity contribution in [2.45, 2.75) is 38.7 Å². The molecule has 0 radical (unpaired) electrons. The van der Waals surface area contributed by atoms with Gasteiger partial charge in [-0.1, -0.05) is 0 Å². The van der Waals surface area contributed by atoms with Crippen LogP contribution in [0, 0.1) is 0 Å². The molecular weight excluding hydrogens is 521 g/mol. The molecule has 0 amide bonds. The van der Waals surface area contributed by atoms with Crippen molar-refractivity contribution < 1.29 is 23.0 Å². The van der Waals surface area contributed by atoms with Crippen LogP contribution in [0.4, 0.5) is 8.78 Å². The van der Waals surface area contributed by atoms with Gasteiger partial charge in [0, 0.05) is 49.9 Å². The van der Waals surface area contributed by atoms with E-state index in [0.29, 0.717) is 43.3 Å². The number of guanidine groups is 1. The Morgan fingerprint density at radius 3 is 2.23 bits per heavy atom. The summed E-state index contributed by atoms with van der Waals surface area (Å²) in [6.07, 6.45) is -0.00538. The Bertz CT molecular complexity index is 662. The molecule has 1 aromatic carbocycles. The topological polar surface area (TPSA) is 67.4 Å². The minimum Gasteiger partial charge on any atom is -0.496 e. The van der Waals surface area contributed by atoms with E-state index in [-0.39, 0.29) is 36.6 Å². The number of benzene rings is 1. The van der Waals surface area contributed by atoms with Crippen molar-refractivity contribution in [3.63, 3.8) is 0 Å². The Labute approximate surface area is 200 Å². The predicted molar refractivity (Wildman–Crippen MR) is 130 cm³/mol. The average Bonchev–Trinajstić information content (AvgIpc) is 2.74. The third-order valence-corrected chi connectivity index (χ3v) is 5.12. The third-order valence-electron chi connectivity index (χ3n) is 5.12. The van der Waals surface area contributed by atoms with Crippen molar-refractivity contribution in [1.29, 1.82) is 0 Å². The fourth-order valence-electron chi connectivity index (χ4n) is 3.57. The van der Waals surface area contributed by atoms with Crippen LogP contribution in [-0.4, -0.2) is 77.4 Å². The molecule has 0 saturated carbocycles. The highest BCUT2D eigenvalue weighted by molar-refractivity contribution is 14.0. The minimum atomic E-state index is -2.28. The summed E-state index contributed by atoms with van der Waals surface area (Å²) in [5, 5.41) is 6.69. The van der Waals surface area contributed by atoms with Gasteiger partial charge in [-0.15, -0.1) is 24.0 Å². The SMILES string of the molecule is CCNC(=NCCc1c(OC)cc(OC)cc1OC)NC1CCN(CC(F)F)CC1.I. The number of piperidine rings is 1. The quantitative estimate of drug-likeness (QED) is 0.262. The van der Waals surface area contributed by atoms with Gasteiger partial charge in [0.05, 0.1) is 27.9 Å². The Kier molecular flexibility index (Phi) is 12.8. The number of hydrogen-bond donors (Lipinski definition) is 2. The van der Waals surface area contributed by atoms with Gasteiger partial charge >= 0.3 is 0 Å². The average molecular weight is 556 g/mol. The smallest absolute Gasteiger partial charge is 0.251 e. The number of alkyl halides is 2. The summed E-state index contributed by atoms with van der Waals surface area (Å²) < 4.78 is 41.4. The molecule has 1 saturated heterocycles. The van der Waals surface area contributed by atoms with Gasteiger partial charge in [-0.2, -0.15) is 0 Å². The molecule has 10 heteroatoms. The minimum absolute atomic E-state index is 0. The zero-order valence-corrected chi connectivity index (χ0v) is 21.1. The van der Waals surface area contributed by atoms with E-state index in [2.05, 4.69) is 15.6 Å². The highest BCUT2D eigenvalue weighted by Gasteiger charge is 2.22. The maximum atomic E-state index is 12.5. The molecule has 31 heavy (non-hydrogen) atoms. The molecule has 0 spiro atoms. The van der Waals surface area contributed by atoms with E-state index in [1.54, 1.807) is 21.3 Å². The first-order valence-electron chi connectivity index (χ1n) is 10.3. The zero-order valence-electron chi connectivity index (χ0n) is 18.7. The number of rotatable bonds is 10. The largest absolute Gasteiger partial charge is 0.496 e. The van der Waals surface area contributed by atoms with Crippen LogP contribution in [-0.2, 0) is 6.42 Å². The maximum absolute atomic E-state index is 12.5. The van der Waals surface area contributed by atoms with Gasteiger partial charge in [0.25, 0.3) is 6.43 Å². The summed E-state index contributed by atoms with van der Waals surface area (Å²) in [6, 6.07) is 3.89.